The number of benzene rings is 3. The Hall–Kier alpha value is -7.44. The van der Waals surface area contributed by atoms with Crippen LogP contribution in [-0.2, 0) is 67.5 Å². The first-order valence-electron chi connectivity index (χ1n) is 29.7. The summed E-state index contributed by atoms with van der Waals surface area (Å²) in [5.41, 5.74) is 17.4. The van der Waals surface area contributed by atoms with Crippen LogP contribution in [0.4, 0.5) is 4.39 Å². The number of carbonyl (C=O) groups is 9. The van der Waals surface area contributed by atoms with Crippen LogP contribution in [-0.4, -0.2) is 165 Å². The standard InChI is InChI=1S/C62H83FN12O9S2/c1-5-11-54(76)70-39(3)61(83)75-25-10-16-52(75)59(81)66-23-27-86-37-41-13-8-12-40(29-41)36-85-26-21-55(77)71-49(14-6-7-22-64)58(80)69-35-56(78)73(4)53(31-43-34-68-47-19-17-38(2)28-45(43)47)60(82)72-50(62(84)74-24-9-15-51(74)57(65)79)30-42-33-67-48-20-18-44(63)32-46(42)48/h8,12-13,17-20,28-29,32-34,39,49-53,67-68H,5-7,9-11,14-16,21-27,30-31,35-37,64H2,1-4H3,(H2,65,79)(H,66,81)(H,69,80)(H,70,76)(H,71,77)(H,72,82)/t39-,49-,50-,51-,52?,53-/m0/s1. The summed E-state index contributed by atoms with van der Waals surface area (Å²) in [6.45, 7) is 6.48. The lowest BCUT2D eigenvalue weighted by Crippen LogP contribution is -2.58. The number of aryl methyl sites for hydroxylation is 1. The van der Waals surface area contributed by atoms with Gasteiger partial charge in [-0.1, -0.05) is 42.8 Å². The third-order valence-electron chi connectivity index (χ3n) is 15.8. The Morgan fingerprint density at radius 2 is 1.37 bits per heavy atom. The van der Waals surface area contributed by atoms with E-state index in [1.807, 2.05) is 50.2 Å². The molecule has 0 radical (unpaired) electrons. The first kappa shape index (κ1) is 66.1. The predicted molar refractivity (Wildman–Crippen MR) is 333 cm³/mol. The first-order chi connectivity index (χ1) is 41.3. The smallest absolute Gasteiger partial charge is 0.246 e. The van der Waals surface area contributed by atoms with Gasteiger partial charge < -0.3 is 62.7 Å². The second-order valence-corrected chi connectivity index (χ2v) is 24.5. The van der Waals surface area contributed by atoms with Gasteiger partial charge in [0.1, 0.15) is 42.1 Å². The molecule has 86 heavy (non-hydrogen) atoms. The lowest BCUT2D eigenvalue weighted by molar-refractivity contribution is -0.143. The van der Waals surface area contributed by atoms with Crippen molar-refractivity contribution in [2.45, 2.75) is 146 Å². The maximum atomic E-state index is 14.9. The van der Waals surface area contributed by atoms with E-state index in [2.05, 4.69) is 42.6 Å². The first-order valence-corrected chi connectivity index (χ1v) is 32.0. The SMILES string of the molecule is CCCC(=O)N[C@@H](C)C(=O)N1CCCC1C(=O)NCCSCc1cccc(CSCCC(=O)N[C@@H](CCCCN)C(=O)NCC(=O)N(C)[C@@H](Cc2c[nH]c3ccc(C)cc23)C(=O)N[C@@H](Cc2c[nH]c3ccc(F)cc23)C(=O)N2CCC[C@H]2C(N)=O)c1. The number of H-pyrrole nitrogens is 2. The number of rotatable bonds is 32. The summed E-state index contributed by atoms with van der Waals surface area (Å²) in [7, 11) is 1.44. The van der Waals surface area contributed by atoms with Gasteiger partial charge in [0.25, 0.3) is 0 Å². The molecule has 2 aliphatic heterocycles. The molecule has 0 aliphatic carbocycles. The average molecular weight is 1220 g/mol. The summed E-state index contributed by atoms with van der Waals surface area (Å²) >= 11 is 3.25. The van der Waals surface area contributed by atoms with E-state index in [1.54, 1.807) is 53.8 Å². The van der Waals surface area contributed by atoms with E-state index < -0.39 is 78.1 Å². The van der Waals surface area contributed by atoms with Crippen LogP contribution in [0.2, 0.25) is 0 Å². The molecule has 4 heterocycles. The lowest BCUT2D eigenvalue weighted by atomic mass is 10.00. The highest BCUT2D eigenvalue weighted by molar-refractivity contribution is 7.98. The van der Waals surface area contributed by atoms with Crippen LogP contribution in [0.5, 0.6) is 0 Å². The van der Waals surface area contributed by atoms with Crippen molar-refractivity contribution in [3.05, 3.63) is 107 Å². The monoisotopic (exact) mass is 1220 g/mol. The van der Waals surface area contributed by atoms with Crippen molar-refractivity contribution in [2.75, 3.05) is 51.3 Å². The van der Waals surface area contributed by atoms with Crippen LogP contribution >= 0.6 is 23.5 Å². The minimum absolute atomic E-state index is 0.00233. The van der Waals surface area contributed by atoms with Crippen LogP contribution in [0.1, 0.15) is 106 Å². The second-order valence-electron chi connectivity index (χ2n) is 22.3. The Morgan fingerprint density at radius 3 is 2.06 bits per heavy atom. The number of unbranched alkanes of at least 4 members (excludes halogenated alkanes) is 1. The molecule has 21 nitrogen and oxygen atoms in total. The second kappa shape index (κ2) is 32.3. The summed E-state index contributed by atoms with van der Waals surface area (Å²) in [5, 5.41) is 15.5. The van der Waals surface area contributed by atoms with Crippen molar-refractivity contribution >= 4 is 98.5 Å². The van der Waals surface area contributed by atoms with Gasteiger partial charge in [0.2, 0.25) is 53.2 Å². The molecule has 2 saturated heterocycles. The number of thioether (sulfide) groups is 2. The minimum atomic E-state index is -1.27. The zero-order chi connectivity index (χ0) is 61.9. The van der Waals surface area contributed by atoms with E-state index in [0.29, 0.717) is 104 Å². The summed E-state index contributed by atoms with van der Waals surface area (Å²) in [6, 6.07) is 12.6. The van der Waals surface area contributed by atoms with E-state index in [0.717, 1.165) is 39.8 Å². The maximum Gasteiger partial charge on any atom is 0.246 e. The number of amides is 9. The maximum absolute atomic E-state index is 14.9. The van der Waals surface area contributed by atoms with Gasteiger partial charge in [0, 0.05) is 110 Å². The van der Waals surface area contributed by atoms with Crippen molar-refractivity contribution in [3.63, 3.8) is 0 Å². The highest BCUT2D eigenvalue weighted by atomic mass is 32.2. The van der Waals surface area contributed by atoms with Crippen molar-refractivity contribution in [2.24, 2.45) is 11.5 Å². The third-order valence-corrected chi connectivity index (χ3v) is 17.8. The molecule has 9 amide bonds. The van der Waals surface area contributed by atoms with Gasteiger partial charge in [0.05, 0.1) is 6.54 Å². The summed E-state index contributed by atoms with van der Waals surface area (Å²) in [6.07, 6.45) is 8.01. The van der Waals surface area contributed by atoms with Gasteiger partial charge in [0.15, 0.2) is 0 Å². The fraction of sp³-hybridized carbons (Fsp3) is 0.500. The van der Waals surface area contributed by atoms with Crippen LogP contribution in [0, 0.1) is 12.7 Å². The van der Waals surface area contributed by atoms with E-state index in [-0.39, 0.29) is 55.9 Å². The number of nitrogens with two attached hydrogens (primary N) is 2. The Balaban J connectivity index is 0.918. The van der Waals surface area contributed by atoms with Gasteiger partial charge in [-0.3, -0.25) is 43.2 Å². The number of hydrogen-bond acceptors (Lipinski definition) is 12. The normalized spacial score (nSPS) is 16.3. The summed E-state index contributed by atoms with van der Waals surface area (Å²) in [4.78, 5) is 132. The van der Waals surface area contributed by atoms with E-state index >= 15 is 0 Å². The third kappa shape index (κ3) is 18.3. The van der Waals surface area contributed by atoms with Crippen molar-refractivity contribution in [1.29, 1.82) is 0 Å². The molecule has 0 spiro atoms. The van der Waals surface area contributed by atoms with Crippen LogP contribution in [0.15, 0.2) is 73.1 Å². The molecule has 2 fully saturated rings. The molecule has 0 saturated carbocycles. The van der Waals surface area contributed by atoms with Gasteiger partial charge in [-0.25, -0.2) is 4.39 Å². The van der Waals surface area contributed by atoms with Crippen LogP contribution < -0.4 is 38.1 Å². The zero-order valence-corrected chi connectivity index (χ0v) is 51.2. The number of carbonyl (C=O) groups excluding carboxylic acids is 9. The van der Waals surface area contributed by atoms with Gasteiger partial charge in [-0.2, -0.15) is 23.5 Å². The Kier molecular flexibility index (Phi) is 24.9. The van der Waals surface area contributed by atoms with E-state index in [9.17, 15) is 47.5 Å². The molecule has 2 aromatic heterocycles. The molecular formula is C62H83FN12O9S2. The van der Waals surface area contributed by atoms with Crippen LogP contribution in [0.3, 0.4) is 0 Å². The molecule has 6 atom stereocenters. The van der Waals surface area contributed by atoms with E-state index in [4.69, 9.17) is 11.5 Å². The number of aromatic nitrogens is 2. The van der Waals surface area contributed by atoms with Crippen molar-refractivity contribution in [3.8, 4) is 0 Å². The molecule has 7 rings (SSSR count). The minimum Gasteiger partial charge on any atom is -0.368 e. The molecule has 2 aliphatic rings. The molecule has 1 unspecified atom stereocenters. The number of nitrogens with one attached hydrogen (secondary N) is 7. The Labute approximate surface area is 509 Å². The fourth-order valence-electron chi connectivity index (χ4n) is 11.1. The molecule has 5 aromatic rings. The summed E-state index contributed by atoms with van der Waals surface area (Å²) < 4.78 is 14.6. The predicted octanol–water partition coefficient (Wildman–Crippen LogP) is 4.37. The number of fused-ring (bicyclic) bond motifs is 2. The molecule has 3 aromatic carbocycles. The Morgan fingerprint density at radius 1 is 0.733 bits per heavy atom. The number of halogens is 1. The van der Waals surface area contributed by atoms with Gasteiger partial charge in [-0.15, -0.1) is 0 Å². The number of aromatic amines is 2. The highest BCUT2D eigenvalue weighted by Gasteiger charge is 2.40. The Bertz CT molecular complexity index is 3210. The molecule has 0 bridgehead atoms. The topological polar surface area (TPSA) is 307 Å². The number of hydrogen-bond donors (Lipinski definition) is 9. The quantitative estimate of drug-likeness (QED) is 0.0271. The molecule has 11 N–H and O–H groups in total. The number of primary amides is 1. The van der Waals surface area contributed by atoms with Gasteiger partial charge in [-0.05, 0) is 124 Å². The van der Waals surface area contributed by atoms with Crippen molar-refractivity contribution < 1.29 is 47.5 Å². The number of nitrogens with zero attached hydrogens (tertiary/aromatic N) is 3. The van der Waals surface area contributed by atoms with Crippen LogP contribution in [0.25, 0.3) is 21.8 Å². The lowest BCUT2D eigenvalue weighted by Gasteiger charge is -2.32. The fourth-order valence-corrected chi connectivity index (χ4v) is 12.8. The van der Waals surface area contributed by atoms with E-state index in [1.165, 1.54) is 29.0 Å². The zero-order valence-electron chi connectivity index (χ0n) is 49.6. The average Bonchev–Trinajstić information content (AvgIpc) is 3.85. The number of likely N-dealkylation sites (N-methyl/N-ethyl adjacent to an activating group) is 1. The largest absolute Gasteiger partial charge is 0.368 e. The molecular weight excluding hydrogens is 1140 g/mol. The molecule has 464 valence electrons. The number of likely N-dealkylation sites (tertiary alicyclic amines) is 2. The van der Waals surface area contributed by atoms with Crippen molar-refractivity contribution in [1.82, 2.24) is 51.3 Å². The summed E-state index contributed by atoms with van der Waals surface area (Å²) in [5.74, 6) is -2.10. The highest BCUT2D eigenvalue weighted by Crippen LogP contribution is 2.27. The molecule has 24 heteroatoms. The van der Waals surface area contributed by atoms with Gasteiger partial charge >= 0.3 is 0 Å².